The zero-order valence-electron chi connectivity index (χ0n) is 10.6. The molecule has 4 heteroatoms. The van der Waals surface area contributed by atoms with Crippen LogP contribution in [0, 0.1) is 5.92 Å². The van der Waals surface area contributed by atoms with Crippen LogP contribution in [0.2, 0.25) is 0 Å². The van der Waals surface area contributed by atoms with Gasteiger partial charge in [0.2, 0.25) is 0 Å². The Kier molecular flexibility index (Phi) is 3.75. The third-order valence-electron chi connectivity index (χ3n) is 3.45. The number of carboxylic acid groups (broad SMARTS) is 1. The summed E-state index contributed by atoms with van der Waals surface area (Å²) >= 11 is 0. The van der Waals surface area contributed by atoms with E-state index < -0.39 is 5.97 Å². The maximum atomic E-state index is 11.2. The lowest BCUT2D eigenvalue weighted by Gasteiger charge is -2.28. The lowest BCUT2D eigenvalue weighted by molar-refractivity contribution is 0.0685. The zero-order chi connectivity index (χ0) is 13.1. The normalized spacial score (nSPS) is 23.6. The monoisotopic (exact) mass is 249 g/mol. The highest BCUT2D eigenvalue weighted by molar-refractivity contribution is 5.96. The lowest BCUT2D eigenvalue weighted by atomic mass is 9.88. The van der Waals surface area contributed by atoms with Crippen molar-refractivity contribution in [2.24, 2.45) is 5.92 Å². The summed E-state index contributed by atoms with van der Waals surface area (Å²) in [6.45, 7) is 2.20. The van der Waals surface area contributed by atoms with Gasteiger partial charge in [-0.1, -0.05) is 19.4 Å². The third kappa shape index (κ3) is 2.75. The summed E-state index contributed by atoms with van der Waals surface area (Å²) < 4.78 is 5.84. The van der Waals surface area contributed by atoms with Gasteiger partial charge in [0, 0.05) is 5.69 Å². The fourth-order valence-corrected chi connectivity index (χ4v) is 2.54. The zero-order valence-corrected chi connectivity index (χ0v) is 10.6. The maximum absolute atomic E-state index is 11.2. The number of carbonyl (C=O) groups is 1. The van der Waals surface area contributed by atoms with Gasteiger partial charge in [0.15, 0.2) is 0 Å². The fourth-order valence-electron chi connectivity index (χ4n) is 2.54. The van der Waals surface area contributed by atoms with Gasteiger partial charge in [0.05, 0.1) is 6.10 Å². The molecule has 0 heterocycles. The van der Waals surface area contributed by atoms with E-state index in [0.29, 0.717) is 11.7 Å². The number of aromatic carboxylic acids is 1. The Balaban J connectivity index is 2.18. The van der Waals surface area contributed by atoms with Crippen molar-refractivity contribution in [2.45, 2.75) is 38.7 Å². The molecule has 2 atom stereocenters. The van der Waals surface area contributed by atoms with Gasteiger partial charge in [-0.25, -0.2) is 4.79 Å². The van der Waals surface area contributed by atoms with E-state index in [0.717, 1.165) is 19.3 Å². The number of nitrogens with two attached hydrogens (primary N) is 1. The number of hydrogen-bond acceptors (Lipinski definition) is 3. The Morgan fingerprint density at radius 1 is 1.44 bits per heavy atom. The van der Waals surface area contributed by atoms with Gasteiger partial charge in [-0.15, -0.1) is 0 Å². The molecule has 0 spiro atoms. The molecule has 1 fully saturated rings. The van der Waals surface area contributed by atoms with Crippen molar-refractivity contribution < 1.29 is 14.6 Å². The first kappa shape index (κ1) is 12.7. The van der Waals surface area contributed by atoms with E-state index in [1.165, 1.54) is 6.42 Å². The van der Waals surface area contributed by atoms with E-state index in [-0.39, 0.29) is 17.4 Å². The highest BCUT2D eigenvalue weighted by Gasteiger charge is 2.23. The minimum Gasteiger partial charge on any atom is -0.489 e. The first-order valence-corrected chi connectivity index (χ1v) is 6.36. The van der Waals surface area contributed by atoms with Gasteiger partial charge in [0.1, 0.15) is 11.3 Å². The molecular formula is C14H19NO3. The topological polar surface area (TPSA) is 72.5 Å². The Bertz CT molecular complexity index is 445. The lowest BCUT2D eigenvalue weighted by Crippen LogP contribution is -2.25. The molecule has 1 saturated carbocycles. The Morgan fingerprint density at radius 2 is 2.22 bits per heavy atom. The highest BCUT2D eigenvalue weighted by Crippen LogP contribution is 2.30. The second-order valence-corrected chi connectivity index (χ2v) is 5.04. The van der Waals surface area contributed by atoms with E-state index in [1.54, 1.807) is 18.2 Å². The molecule has 0 radical (unpaired) electrons. The average Bonchev–Trinajstić information content (AvgIpc) is 2.28. The molecule has 2 unspecified atom stereocenters. The van der Waals surface area contributed by atoms with E-state index in [4.69, 9.17) is 15.6 Å². The summed E-state index contributed by atoms with van der Waals surface area (Å²) in [4.78, 5) is 11.2. The van der Waals surface area contributed by atoms with Crippen molar-refractivity contribution in [3.63, 3.8) is 0 Å². The summed E-state index contributed by atoms with van der Waals surface area (Å²) in [5.74, 6) is -0.00774. The summed E-state index contributed by atoms with van der Waals surface area (Å²) in [7, 11) is 0. The van der Waals surface area contributed by atoms with Crippen LogP contribution >= 0.6 is 0 Å². The van der Waals surface area contributed by atoms with E-state index in [1.807, 2.05) is 0 Å². The quantitative estimate of drug-likeness (QED) is 0.808. The Labute approximate surface area is 107 Å². The van der Waals surface area contributed by atoms with Crippen LogP contribution in [0.15, 0.2) is 18.2 Å². The summed E-state index contributed by atoms with van der Waals surface area (Å²) in [6, 6.07) is 4.99. The van der Waals surface area contributed by atoms with Gasteiger partial charge in [0.25, 0.3) is 0 Å². The van der Waals surface area contributed by atoms with Crippen LogP contribution in [-0.4, -0.2) is 17.2 Å². The van der Waals surface area contributed by atoms with Crippen molar-refractivity contribution in [3.8, 4) is 5.75 Å². The van der Waals surface area contributed by atoms with E-state index in [2.05, 4.69) is 6.92 Å². The largest absolute Gasteiger partial charge is 0.489 e. The molecule has 2 rings (SSSR count). The Morgan fingerprint density at radius 3 is 2.89 bits per heavy atom. The number of rotatable bonds is 3. The van der Waals surface area contributed by atoms with Crippen LogP contribution in [-0.2, 0) is 0 Å². The molecule has 1 aromatic rings. The number of hydrogen-bond donors (Lipinski definition) is 2. The molecule has 18 heavy (non-hydrogen) atoms. The van der Waals surface area contributed by atoms with Crippen LogP contribution in [0.3, 0.4) is 0 Å². The molecule has 1 aliphatic carbocycles. The van der Waals surface area contributed by atoms with Crippen molar-refractivity contribution in [1.82, 2.24) is 0 Å². The van der Waals surface area contributed by atoms with Gasteiger partial charge in [-0.3, -0.25) is 0 Å². The maximum Gasteiger partial charge on any atom is 0.341 e. The molecule has 1 aliphatic rings. The van der Waals surface area contributed by atoms with Gasteiger partial charge >= 0.3 is 5.97 Å². The first-order valence-electron chi connectivity index (χ1n) is 6.36. The second-order valence-electron chi connectivity index (χ2n) is 5.04. The predicted octanol–water partition coefficient (Wildman–Crippen LogP) is 2.92. The van der Waals surface area contributed by atoms with Gasteiger partial charge in [-0.05, 0) is 37.3 Å². The summed E-state index contributed by atoms with van der Waals surface area (Å²) in [5, 5.41) is 9.17. The number of nitrogen functional groups attached to an aromatic ring is 1. The van der Waals surface area contributed by atoms with Gasteiger partial charge in [-0.2, -0.15) is 0 Å². The van der Waals surface area contributed by atoms with Crippen LogP contribution in [0.25, 0.3) is 0 Å². The fraction of sp³-hybridized carbons (Fsp3) is 0.500. The number of carboxylic acids is 1. The minimum atomic E-state index is -1.04. The van der Waals surface area contributed by atoms with E-state index >= 15 is 0 Å². The minimum absolute atomic E-state index is 0.0794. The SMILES string of the molecule is CC1CCCC(Oc2cccc(N)c2C(=O)O)C1. The van der Waals surface area contributed by atoms with Crippen LogP contribution in [0.5, 0.6) is 5.75 Å². The second kappa shape index (κ2) is 5.29. The number of ether oxygens (including phenoxy) is 1. The van der Waals surface area contributed by atoms with Crippen LogP contribution < -0.4 is 10.5 Å². The third-order valence-corrected chi connectivity index (χ3v) is 3.45. The molecule has 0 amide bonds. The Hall–Kier alpha value is -1.71. The molecule has 1 aromatic carbocycles. The van der Waals surface area contributed by atoms with Crippen molar-refractivity contribution in [2.75, 3.05) is 5.73 Å². The van der Waals surface area contributed by atoms with Gasteiger partial charge < -0.3 is 15.6 Å². The molecule has 0 aliphatic heterocycles. The molecule has 4 nitrogen and oxygen atoms in total. The van der Waals surface area contributed by atoms with Crippen molar-refractivity contribution >= 4 is 11.7 Å². The molecule has 0 aromatic heterocycles. The predicted molar refractivity (Wildman–Crippen MR) is 69.9 cm³/mol. The molecule has 0 bridgehead atoms. The molecule has 0 saturated heterocycles. The van der Waals surface area contributed by atoms with Crippen LogP contribution in [0.4, 0.5) is 5.69 Å². The smallest absolute Gasteiger partial charge is 0.341 e. The van der Waals surface area contributed by atoms with E-state index in [9.17, 15) is 4.79 Å². The molecular weight excluding hydrogens is 230 g/mol. The standard InChI is InChI=1S/C14H19NO3/c1-9-4-2-5-10(8-9)18-12-7-3-6-11(15)13(12)14(16)17/h3,6-7,9-10H,2,4-5,8,15H2,1H3,(H,16,17). The van der Waals surface area contributed by atoms with Crippen LogP contribution in [0.1, 0.15) is 43.0 Å². The van der Waals surface area contributed by atoms with Crippen molar-refractivity contribution in [1.29, 1.82) is 0 Å². The summed E-state index contributed by atoms with van der Waals surface area (Å²) in [5.41, 5.74) is 6.03. The summed E-state index contributed by atoms with van der Waals surface area (Å²) in [6.07, 6.45) is 4.43. The van der Waals surface area contributed by atoms with Crippen molar-refractivity contribution in [3.05, 3.63) is 23.8 Å². The highest BCUT2D eigenvalue weighted by atomic mass is 16.5. The number of benzene rings is 1. The first-order chi connectivity index (χ1) is 8.58. The molecule has 3 N–H and O–H groups in total. The average molecular weight is 249 g/mol. The number of anilines is 1. The molecule has 98 valence electrons.